The highest BCUT2D eigenvalue weighted by atomic mass is 32.2. The fourth-order valence-electron chi connectivity index (χ4n) is 1.37. The molecule has 0 spiro atoms. The van der Waals surface area contributed by atoms with E-state index in [1.807, 2.05) is 13.8 Å². The third-order valence-electron chi connectivity index (χ3n) is 2.09. The number of nitrogens with one attached hydrogen (secondary N) is 2. The SMILES string of the molecule is CC(C)NC(=O)CSc1cc(NN)cc([N+](=O)[O-])c1. The summed E-state index contributed by atoms with van der Waals surface area (Å²) in [5, 5.41) is 13.5. The van der Waals surface area contributed by atoms with Gasteiger partial charge in [-0.25, -0.2) is 0 Å². The highest BCUT2D eigenvalue weighted by molar-refractivity contribution is 8.00. The lowest BCUT2D eigenvalue weighted by molar-refractivity contribution is -0.385. The molecule has 0 atom stereocenters. The van der Waals surface area contributed by atoms with Crippen LogP contribution in [0.3, 0.4) is 0 Å². The topological polar surface area (TPSA) is 110 Å². The predicted octanol–water partition coefficient (Wildman–Crippen LogP) is 1.50. The third kappa shape index (κ3) is 5.14. The number of hydrazine groups is 1. The summed E-state index contributed by atoms with van der Waals surface area (Å²) in [6, 6.07) is 4.46. The molecule has 0 aromatic heterocycles. The summed E-state index contributed by atoms with van der Waals surface area (Å²) < 4.78 is 0. The van der Waals surface area contributed by atoms with Crippen molar-refractivity contribution in [3.8, 4) is 0 Å². The van der Waals surface area contributed by atoms with Gasteiger partial charge in [-0.3, -0.25) is 20.8 Å². The van der Waals surface area contributed by atoms with Crippen molar-refractivity contribution < 1.29 is 9.72 Å². The molecule has 0 unspecified atom stereocenters. The fourth-order valence-corrected chi connectivity index (χ4v) is 2.16. The normalized spacial score (nSPS) is 10.3. The molecule has 0 saturated heterocycles. The Hall–Kier alpha value is -1.80. The van der Waals surface area contributed by atoms with Crippen LogP contribution in [0.15, 0.2) is 23.1 Å². The van der Waals surface area contributed by atoms with Crippen molar-refractivity contribution >= 4 is 29.0 Å². The molecule has 7 nitrogen and oxygen atoms in total. The van der Waals surface area contributed by atoms with Crippen LogP contribution in [0.2, 0.25) is 0 Å². The third-order valence-corrected chi connectivity index (χ3v) is 3.06. The lowest BCUT2D eigenvalue weighted by Gasteiger charge is -2.08. The van der Waals surface area contributed by atoms with Crippen LogP contribution in [0, 0.1) is 10.1 Å². The Morgan fingerprint density at radius 3 is 2.68 bits per heavy atom. The number of carbonyl (C=O) groups is 1. The number of benzene rings is 1. The van der Waals surface area contributed by atoms with Gasteiger partial charge in [0.05, 0.1) is 16.4 Å². The van der Waals surface area contributed by atoms with Crippen molar-refractivity contribution in [2.24, 2.45) is 5.84 Å². The Balaban J connectivity index is 2.75. The van der Waals surface area contributed by atoms with Crippen molar-refractivity contribution in [1.82, 2.24) is 5.32 Å². The van der Waals surface area contributed by atoms with Gasteiger partial charge in [0.2, 0.25) is 5.91 Å². The van der Waals surface area contributed by atoms with Crippen LogP contribution in [0.4, 0.5) is 11.4 Å². The molecule has 0 aliphatic rings. The molecule has 0 fully saturated rings. The van der Waals surface area contributed by atoms with Crippen molar-refractivity contribution in [3.63, 3.8) is 0 Å². The maximum Gasteiger partial charge on any atom is 0.272 e. The van der Waals surface area contributed by atoms with Crippen molar-refractivity contribution in [2.75, 3.05) is 11.2 Å². The zero-order valence-electron chi connectivity index (χ0n) is 10.7. The highest BCUT2D eigenvalue weighted by Gasteiger charge is 2.11. The van der Waals surface area contributed by atoms with Crippen molar-refractivity contribution in [1.29, 1.82) is 0 Å². The molecule has 0 saturated carbocycles. The minimum atomic E-state index is -0.501. The van der Waals surface area contributed by atoms with Crippen LogP contribution >= 0.6 is 11.8 Å². The maximum atomic E-state index is 11.5. The smallest absolute Gasteiger partial charge is 0.272 e. The minimum Gasteiger partial charge on any atom is -0.353 e. The summed E-state index contributed by atoms with van der Waals surface area (Å²) in [7, 11) is 0. The number of nitrogens with zero attached hydrogens (tertiary/aromatic N) is 1. The quantitative estimate of drug-likeness (QED) is 0.316. The Bertz CT molecular complexity index is 479. The van der Waals surface area contributed by atoms with Gasteiger partial charge in [0, 0.05) is 23.1 Å². The number of hydrogen-bond donors (Lipinski definition) is 3. The molecule has 0 aliphatic carbocycles. The number of nitrogen functional groups attached to an aromatic ring is 1. The number of rotatable bonds is 6. The summed E-state index contributed by atoms with van der Waals surface area (Å²) in [5.41, 5.74) is 2.73. The average Bonchev–Trinajstić information content (AvgIpc) is 2.35. The molecule has 1 aromatic rings. The van der Waals surface area contributed by atoms with Gasteiger partial charge >= 0.3 is 0 Å². The molecule has 1 aromatic carbocycles. The molecular formula is C11H16N4O3S. The summed E-state index contributed by atoms with van der Waals surface area (Å²) in [4.78, 5) is 22.4. The molecule has 0 aliphatic heterocycles. The molecule has 1 rings (SSSR count). The van der Waals surface area contributed by atoms with Crippen LogP contribution in [-0.2, 0) is 4.79 Å². The number of nitro groups is 1. The molecule has 4 N–H and O–H groups in total. The first kappa shape index (κ1) is 15.3. The predicted molar refractivity (Wildman–Crippen MR) is 74.9 cm³/mol. The molecule has 104 valence electrons. The van der Waals surface area contributed by atoms with E-state index in [0.717, 1.165) is 0 Å². The molecule has 1 amide bonds. The van der Waals surface area contributed by atoms with E-state index in [0.29, 0.717) is 10.6 Å². The number of anilines is 1. The van der Waals surface area contributed by atoms with Gasteiger partial charge in [0.1, 0.15) is 0 Å². The highest BCUT2D eigenvalue weighted by Crippen LogP contribution is 2.27. The molecule has 19 heavy (non-hydrogen) atoms. The standard InChI is InChI=1S/C11H16N4O3S/c1-7(2)13-11(16)6-19-10-4-8(14-12)3-9(5-10)15(17)18/h3-5,7,14H,6,12H2,1-2H3,(H,13,16). The number of thioether (sulfide) groups is 1. The number of carbonyl (C=O) groups excluding carboxylic acids is 1. The van der Waals surface area contributed by atoms with Crippen LogP contribution in [-0.4, -0.2) is 22.6 Å². The van der Waals surface area contributed by atoms with Crippen LogP contribution in [0.25, 0.3) is 0 Å². The van der Waals surface area contributed by atoms with E-state index in [1.54, 1.807) is 6.07 Å². The number of hydrogen-bond acceptors (Lipinski definition) is 6. The van der Waals surface area contributed by atoms with Crippen molar-refractivity contribution in [2.45, 2.75) is 24.8 Å². The lowest BCUT2D eigenvalue weighted by Crippen LogP contribution is -2.31. The molecular weight excluding hydrogens is 268 g/mol. The molecule has 0 heterocycles. The van der Waals surface area contributed by atoms with Gasteiger partial charge in [-0.1, -0.05) is 0 Å². The van der Waals surface area contributed by atoms with E-state index in [1.165, 1.54) is 23.9 Å². The first-order valence-electron chi connectivity index (χ1n) is 5.60. The van der Waals surface area contributed by atoms with Gasteiger partial charge < -0.3 is 10.7 Å². The van der Waals surface area contributed by atoms with E-state index < -0.39 is 4.92 Å². The van der Waals surface area contributed by atoms with E-state index in [9.17, 15) is 14.9 Å². The summed E-state index contributed by atoms with van der Waals surface area (Å²) in [5.74, 6) is 5.33. The van der Waals surface area contributed by atoms with Gasteiger partial charge in [-0.05, 0) is 19.9 Å². The second-order valence-corrected chi connectivity index (χ2v) is 5.18. The van der Waals surface area contributed by atoms with Gasteiger partial charge in [-0.15, -0.1) is 11.8 Å². The average molecular weight is 284 g/mol. The summed E-state index contributed by atoms with van der Waals surface area (Å²) >= 11 is 1.22. The van der Waals surface area contributed by atoms with Gasteiger partial charge in [-0.2, -0.15) is 0 Å². The van der Waals surface area contributed by atoms with E-state index >= 15 is 0 Å². The maximum absolute atomic E-state index is 11.5. The largest absolute Gasteiger partial charge is 0.353 e. The Morgan fingerprint density at radius 2 is 2.16 bits per heavy atom. The monoisotopic (exact) mass is 284 g/mol. The number of non-ortho nitro benzene ring substituents is 1. The Morgan fingerprint density at radius 1 is 1.47 bits per heavy atom. The van der Waals surface area contributed by atoms with E-state index in [-0.39, 0.29) is 23.4 Å². The number of nitro benzene ring substituents is 1. The number of nitrogens with two attached hydrogens (primary N) is 1. The van der Waals surface area contributed by atoms with Crippen LogP contribution in [0.5, 0.6) is 0 Å². The van der Waals surface area contributed by atoms with E-state index in [2.05, 4.69) is 10.7 Å². The first-order valence-corrected chi connectivity index (χ1v) is 6.59. The molecule has 0 radical (unpaired) electrons. The zero-order valence-corrected chi connectivity index (χ0v) is 11.5. The summed E-state index contributed by atoms with van der Waals surface area (Å²) in [6.45, 7) is 3.73. The van der Waals surface area contributed by atoms with Crippen LogP contribution < -0.4 is 16.6 Å². The summed E-state index contributed by atoms with van der Waals surface area (Å²) in [6.07, 6.45) is 0. The second kappa shape index (κ2) is 6.95. The minimum absolute atomic E-state index is 0.0674. The van der Waals surface area contributed by atoms with Crippen molar-refractivity contribution in [3.05, 3.63) is 28.3 Å². The Kier molecular flexibility index (Phi) is 5.58. The van der Waals surface area contributed by atoms with Gasteiger partial charge in [0.25, 0.3) is 5.69 Å². The zero-order chi connectivity index (χ0) is 14.4. The second-order valence-electron chi connectivity index (χ2n) is 4.13. The molecule has 8 heteroatoms. The molecule has 0 bridgehead atoms. The Labute approximate surface area is 115 Å². The van der Waals surface area contributed by atoms with E-state index in [4.69, 9.17) is 5.84 Å². The fraction of sp³-hybridized carbons (Fsp3) is 0.364. The van der Waals surface area contributed by atoms with Crippen LogP contribution in [0.1, 0.15) is 13.8 Å². The number of amides is 1. The van der Waals surface area contributed by atoms with Gasteiger partial charge in [0.15, 0.2) is 0 Å². The lowest BCUT2D eigenvalue weighted by atomic mass is 10.3. The first-order chi connectivity index (χ1) is 8.92.